The molecule has 0 saturated heterocycles. The molecule has 1 aliphatic rings. The molecule has 1 unspecified atom stereocenters. The van der Waals surface area contributed by atoms with E-state index in [-0.39, 0.29) is 6.04 Å². The van der Waals surface area contributed by atoms with Crippen molar-refractivity contribution in [1.29, 1.82) is 0 Å². The highest BCUT2D eigenvalue weighted by molar-refractivity contribution is 5.90. The summed E-state index contributed by atoms with van der Waals surface area (Å²) in [6.07, 6.45) is 0. The van der Waals surface area contributed by atoms with Crippen LogP contribution in [0.5, 0.6) is 11.5 Å². The van der Waals surface area contributed by atoms with Gasteiger partial charge >= 0.3 is 0 Å². The van der Waals surface area contributed by atoms with E-state index in [0.29, 0.717) is 12.4 Å². The van der Waals surface area contributed by atoms with Crippen LogP contribution in [0.25, 0.3) is 22.3 Å². The molecule has 0 radical (unpaired) electrons. The maximum Gasteiger partial charge on any atom is 0.162 e. The average molecular weight is 397 g/mol. The van der Waals surface area contributed by atoms with Gasteiger partial charge in [-0.15, -0.1) is 0 Å². The first kappa shape index (κ1) is 18.4. The number of nitrogens with zero attached hydrogens (tertiary/aromatic N) is 2. The highest BCUT2D eigenvalue weighted by Gasteiger charge is 2.27. The first-order valence-electron chi connectivity index (χ1n) is 10.0. The largest absolute Gasteiger partial charge is 0.497 e. The number of methoxy groups -OCH3 is 1. The number of aryl methyl sites for hydroxylation is 1. The number of hydrogen-bond acceptors (Lipinski definition) is 5. The summed E-state index contributed by atoms with van der Waals surface area (Å²) in [6, 6.07) is 20.2. The lowest BCUT2D eigenvalue weighted by Crippen LogP contribution is -2.14. The second kappa shape index (κ2) is 7.34. The van der Waals surface area contributed by atoms with Gasteiger partial charge in [0.25, 0.3) is 0 Å². The Balaban J connectivity index is 1.59. The van der Waals surface area contributed by atoms with Crippen LogP contribution in [0, 0.1) is 13.8 Å². The minimum absolute atomic E-state index is 0.0377. The summed E-state index contributed by atoms with van der Waals surface area (Å²) in [7, 11) is 1.66. The molecule has 4 aromatic rings. The normalized spacial score (nSPS) is 15.0. The van der Waals surface area contributed by atoms with Crippen molar-refractivity contribution in [2.45, 2.75) is 19.9 Å². The van der Waals surface area contributed by atoms with Crippen LogP contribution in [-0.2, 0) is 0 Å². The van der Waals surface area contributed by atoms with Crippen molar-refractivity contribution < 1.29 is 9.47 Å². The molecule has 1 aromatic heterocycles. The van der Waals surface area contributed by atoms with Crippen molar-refractivity contribution in [3.05, 3.63) is 77.4 Å². The second-order valence-electron chi connectivity index (χ2n) is 7.58. The molecule has 0 amide bonds. The molecule has 0 spiro atoms. The van der Waals surface area contributed by atoms with Crippen LogP contribution in [0.4, 0.5) is 5.82 Å². The van der Waals surface area contributed by atoms with E-state index in [0.717, 1.165) is 33.8 Å². The molecule has 30 heavy (non-hydrogen) atoms. The summed E-state index contributed by atoms with van der Waals surface area (Å²) in [5.41, 5.74) is 5.41. The van der Waals surface area contributed by atoms with Crippen LogP contribution < -0.4 is 14.8 Å². The summed E-state index contributed by atoms with van der Waals surface area (Å²) in [5, 5.41) is 4.61. The average Bonchev–Trinajstić information content (AvgIpc) is 3.19. The molecule has 0 bridgehead atoms. The van der Waals surface area contributed by atoms with Gasteiger partial charge in [-0.2, -0.15) is 0 Å². The van der Waals surface area contributed by atoms with Gasteiger partial charge in [-0.3, -0.25) is 0 Å². The molecule has 5 rings (SSSR count). The fraction of sp³-hybridized carbons (Fsp3) is 0.200. The number of fused-ring (bicyclic) bond motifs is 2. The predicted octanol–water partition coefficient (Wildman–Crippen LogP) is 5.47. The molecule has 2 heterocycles. The van der Waals surface area contributed by atoms with Gasteiger partial charge < -0.3 is 14.8 Å². The Morgan fingerprint density at radius 2 is 1.87 bits per heavy atom. The smallest absolute Gasteiger partial charge is 0.162 e. The van der Waals surface area contributed by atoms with Crippen LogP contribution >= 0.6 is 0 Å². The van der Waals surface area contributed by atoms with Crippen LogP contribution in [-0.4, -0.2) is 23.7 Å². The zero-order chi connectivity index (χ0) is 20.7. The Hall–Kier alpha value is -3.60. The number of anilines is 1. The lowest BCUT2D eigenvalue weighted by molar-refractivity contribution is 0.337. The summed E-state index contributed by atoms with van der Waals surface area (Å²) in [6.45, 7) is 4.79. The number of aromatic nitrogens is 2. The number of hydrogen-bond donors (Lipinski definition) is 1. The number of benzene rings is 3. The first-order valence-corrected chi connectivity index (χ1v) is 10.0. The Morgan fingerprint density at radius 1 is 1.00 bits per heavy atom. The van der Waals surface area contributed by atoms with Crippen LogP contribution in [0.3, 0.4) is 0 Å². The van der Waals surface area contributed by atoms with E-state index >= 15 is 0 Å². The molecule has 5 nitrogen and oxygen atoms in total. The molecular weight excluding hydrogens is 374 g/mol. The SMILES string of the molecule is COc1cccc(-c2nc(NC3COc4c3ccc(C)c4C)c3ccccc3n2)c1. The van der Waals surface area contributed by atoms with Gasteiger partial charge in [0.15, 0.2) is 5.82 Å². The topological polar surface area (TPSA) is 56.3 Å². The lowest BCUT2D eigenvalue weighted by atomic mass is 10.0. The molecule has 0 saturated carbocycles. The quantitative estimate of drug-likeness (QED) is 0.495. The molecule has 5 heteroatoms. The monoisotopic (exact) mass is 397 g/mol. The third-order valence-corrected chi connectivity index (χ3v) is 5.72. The number of nitrogens with one attached hydrogen (secondary N) is 1. The summed E-state index contributed by atoms with van der Waals surface area (Å²) in [4.78, 5) is 9.68. The van der Waals surface area contributed by atoms with E-state index in [1.165, 1.54) is 16.7 Å². The molecule has 0 aliphatic carbocycles. The molecule has 1 N–H and O–H groups in total. The lowest BCUT2D eigenvalue weighted by Gasteiger charge is -2.16. The fourth-order valence-corrected chi connectivity index (χ4v) is 3.90. The van der Waals surface area contributed by atoms with Crippen molar-refractivity contribution in [2.24, 2.45) is 0 Å². The standard InChI is InChI=1S/C25H23N3O2/c1-15-11-12-19-22(14-30-23(19)16(15)2)27-25-20-9-4-5-10-21(20)26-24(28-25)17-7-6-8-18(13-17)29-3/h4-13,22H,14H2,1-3H3,(H,26,27,28). The van der Waals surface area contributed by atoms with Gasteiger partial charge in [0.05, 0.1) is 18.7 Å². The van der Waals surface area contributed by atoms with E-state index in [2.05, 4.69) is 31.3 Å². The van der Waals surface area contributed by atoms with Crippen molar-refractivity contribution in [3.8, 4) is 22.9 Å². The predicted molar refractivity (Wildman–Crippen MR) is 119 cm³/mol. The van der Waals surface area contributed by atoms with Crippen LogP contribution in [0.15, 0.2) is 60.7 Å². The van der Waals surface area contributed by atoms with Gasteiger partial charge in [0.2, 0.25) is 0 Å². The molecular formula is C25H23N3O2. The molecule has 150 valence electrons. The Labute approximate surface area is 175 Å². The van der Waals surface area contributed by atoms with Crippen LogP contribution in [0.1, 0.15) is 22.7 Å². The van der Waals surface area contributed by atoms with Gasteiger partial charge in [-0.1, -0.05) is 36.4 Å². The van der Waals surface area contributed by atoms with E-state index in [1.807, 2.05) is 48.5 Å². The maximum atomic E-state index is 6.03. The van der Waals surface area contributed by atoms with Gasteiger partial charge in [-0.05, 0) is 49.2 Å². The molecule has 3 aromatic carbocycles. The minimum Gasteiger partial charge on any atom is -0.497 e. The van der Waals surface area contributed by atoms with E-state index in [4.69, 9.17) is 19.4 Å². The summed E-state index contributed by atoms with van der Waals surface area (Å²) in [5.74, 6) is 3.23. The molecule has 1 atom stereocenters. The first-order chi connectivity index (χ1) is 14.6. The summed E-state index contributed by atoms with van der Waals surface area (Å²) >= 11 is 0. The zero-order valence-corrected chi connectivity index (χ0v) is 17.3. The third-order valence-electron chi connectivity index (χ3n) is 5.72. The number of para-hydroxylation sites is 1. The molecule has 0 fully saturated rings. The second-order valence-corrected chi connectivity index (χ2v) is 7.58. The minimum atomic E-state index is 0.0377. The highest BCUT2D eigenvalue weighted by Crippen LogP contribution is 2.39. The fourth-order valence-electron chi connectivity index (χ4n) is 3.90. The summed E-state index contributed by atoms with van der Waals surface area (Å²) < 4.78 is 11.4. The van der Waals surface area contributed by atoms with Crippen molar-refractivity contribution >= 4 is 16.7 Å². The van der Waals surface area contributed by atoms with E-state index in [1.54, 1.807) is 7.11 Å². The zero-order valence-electron chi connectivity index (χ0n) is 17.3. The van der Waals surface area contributed by atoms with Gasteiger partial charge in [0.1, 0.15) is 23.9 Å². The van der Waals surface area contributed by atoms with E-state index < -0.39 is 0 Å². The highest BCUT2D eigenvalue weighted by atomic mass is 16.5. The Bertz CT molecular complexity index is 1250. The Morgan fingerprint density at radius 3 is 2.73 bits per heavy atom. The molecule has 1 aliphatic heterocycles. The number of rotatable bonds is 4. The van der Waals surface area contributed by atoms with Crippen molar-refractivity contribution in [1.82, 2.24) is 9.97 Å². The Kier molecular flexibility index (Phi) is 4.51. The van der Waals surface area contributed by atoms with E-state index in [9.17, 15) is 0 Å². The van der Waals surface area contributed by atoms with Crippen molar-refractivity contribution in [3.63, 3.8) is 0 Å². The van der Waals surface area contributed by atoms with Gasteiger partial charge in [0, 0.05) is 16.5 Å². The van der Waals surface area contributed by atoms with Crippen molar-refractivity contribution in [2.75, 3.05) is 19.0 Å². The maximum absolute atomic E-state index is 6.03. The number of ether oxygens (including phenoxy) is 2. The van der Waals surface area contributed by atoms with Gasteiger partial charge in [-0.25, -0.2) is 9.97 Å². The third kappa shape index (κ3) is 3.12. The van der Waals surface area contributed by atoms with Crippen LogP contribution in [0.2, 0.25) is 0 Å².